The van der Waals surface area contributed by atoms with Crippen LogP contribution in [0.5, 0.6) is 0 Å². The van der Waals surface area contributed by atoms with Gasteiger partial charge in [-0.05, 0) is 31.0 Å². The molecule has 3 heterocycles. The normalized spacial score (nSPS) is 21.3. The Bertz CT molecular complexity index is 1030. The van der Waals surface area contributed by atoms with Gasteiger partial charge < -0.3 is 26.5 Å². The highest BCUT2D eigenvalue weighted by Gasteiger charge is 2.53. The lowest BCUT2D eigenvalue weighted by atomic mass is 9.86. The maximum Gasteiger partial charge on any atom is 0.353 e. The Labute approximate surface area is 163 Å². The van der Waals surface area contributed by atoms with Crippen molar-refractivity contribution < 1.29 is 19.5 Å². The minimum Gasteiger partial charge on any atom is -0.477 e. The zero-order valence-electron chi connectivity index (χ0n) is 14.5. The highest BCUT2D eigenvalue weighted by Crippen LogP contribution is 2.37. The van der Waals surface area contributed by atoms with E-state index in [0.717, 1.165) is 10.4 Å². The second-order valence-corrected chi connectivity index (χ2v) is 7.08. The number of benzene rings is 1. The highest BCUT2D eigenvalue weighted by molar-refractivity contribution is 6.32. The van der Waals surface area contributed by atoms with E-state index >= 15 is 0 Å². The summed E-state index contributed by atoms with van der Waals surface area (Å²) in [6, 6.07) is 4.16. The summed E-state index contributed by atoms with van der Waals surface area (Å²) < 4.78 is 0. The van der Waals surface area contributed by atoms with Gasteiger partial charge in [0.2, 0.25) is 5.91 Å². The molecule has 4 rings (SSSR count). The van der Waals surface area contributed by atoms with Crippen LogP contribution < -0.4 is 16.4 Å². The standard InChI is InChI=1S/C17H17ClN6O4/c18-8-2-4-11-13(15(26)24(11)14(8)16(27)28)23-12(25)6-20-7-1-3-9-10(5-7)22-17(19)21-9/h1,3,5,11,13,20H,2,4,6H2,(H,23,25)(H,27,28)(H3,19,21,22)/t11-,13+/m1/s1. The number of anilines is 2. The lowest BCUT2D eigenvalue weighted by molar-refractivity contribution is -0.155. The first kappa shape index (κ1) is 18.1. The van der Waals surface area contributed by atoms with Crippen LogP contribution in [0.15, 0.2) is 28.9 Å². The molecule has 0 unspecified atom stereocenters. The van der Waals surface area contributed by atoms with Crippen LogP contribution in [-0.2, 0) is 14.4 Å². The molecule has 1 saturated heterocycles. The van der Waals surface area contributed by atoms with Crippen LogP contribution in [-0.4, -0.2) is 56.4 Å². The van der Waals surface area contributed by atoms with Crippen LogP contribution >= 0.6 is 11.6 Å². The third-order valence-electron chi connectivity index (χ3n) is 4.85. The highest BCUT2D eigenvalue weighted by atomic mass is 35.5. The van der Waals surface area contributed by atoms with Crippen molar-refractivity contribution >= 4 is 52.1 Å². The number of H-pyrrole nitrogens is 1. The number of hydrogen-bond donors (Lipinski definition) is 5. The summed E-state index contributed by atoms with van der Waals surface area (Å²) in [4.78, 5) is 44.1. The van der Waals surface area contributed by atoms with Gasteiger partial charge in [-0.25, -0.2) is 9.78 Å². The molecule has 1 aromatic heterocycles. The number of carbonyl (C=O) groups is 3. The van der Waals surface area contributed by atoms with E-state index in [1.165, 1.54) is 0 Å². The SMILES string of the molecule is Nc1nc2ccc(NCC(=O)N[C@@H]3C(=O)N4C(C(=O)O)=C(Cl)CC[C@H]34)cc2[nH]1. The van der Waals surface area contributed by atoms with Crippen molar-refractivity contribution in [2.24, 2.45) is 0 Å². The summed E-state index contributed by atoms with van der Waals surface area (Å²) >= 11 is 5.94. The predicted molar refractivity (Wildman–Crippen MR) is 101 cm³/mol. The number of β-lactam (4-membered cyclic amide) rings is 1. The van der Waals surface area contributed by atoms with Crippen LogP contribution in [0.2, 0.25) is 0 Å². The summed E-state index contributed by atoms with van der Waals surface area (Å²) in [6.45, 7) is -0.0476. The van der Waals surface area contributed by atoms with Gasteiger partial charge >= 0.3 is 5.97 Å². The first-order valence-electron chi connectivity index (χ1n) is 8.58. The number of amides is 2. The van der Waals surface area contributed by atoms with Crippen molar-refractivity contribution in [2.45, 2.75) is 24.9 Å². The Morgan fingerprint density at radius 3 is 2.96 bits per heavy atom. The van der Waals surface area contributed by atoms with E-state index in [1.807, 2.05) is 0 Å². The lowest BCUT2D eigenvalue weighted by Gasteiger charge is -2.49. The summed E-state index contributed by atoms with van der Waals surface area (Å²) in [5, 5.41) is 15.0. The first-order valence-corrected chi connectivity index (χ1v) is 8.96. The number of nitrogen functional groups attached to an aromatic ring is 1. The molecule has 2 aromatic rings. The van der Waals surface area contributed by atoms with Crippen LogP contribution in [0.3, 0.4) is 0 Å². The van der Waals surface area contributed by atoms with Crippen molar-refractivity contribution in [1.82, 2.24) is 20.2 Å². The molecule has 2 amide bonds. The number of halogens is 1. The Kier molecular flexibility index (Phi) is 4.34. The fourth-order valence-electron chi connectivity index (χ4n) is 3.56. The maximum atomic E-state index is 12.3. The van der Waals surface area contributed by atoms with Crippen molar-refractivity contribution in [3.8, 4) is 0 Å². The number of nitrogens with zero attached hydrogens (tertiary/aromatic N) is 2. The number of allylic oxidation sites excluding steroid dienone is 1. The number of aromatic amines is 1. The topological polar surface area (TPSA) is 153 Å². The average Bonchev–Trinajstić information content (AvgIpc) is 3.03. The zero-order chi connectivity index (χ0) is 20.0. The molecule has 2 atom stereocenters. The largest absolute Gasteiger partial charge is 0.477 e. The predicted octanol–water partition coefficient (Wildman–Crippen LogP) is 0.581. The number of nitrogens with one attached hydrogen (secondary N) is 3. The number of aliphatic carboxylic acids is 1. The van der Waals surface area contributed by atoms with Gasteiger partial charge in [0.1, 0.15) is 11.7 Å². The van der Waals surface area contributed by atoms with Crippen LogP contribution in [0.25, 0.3) is 11.0 Å². The Morgan fingerprint density at radius 2 is 2.21 bits per heavy atom. The second kappa shape index (κ2) is 6.71. The van der Waals surface area contributed by atoms with E-state index < -0.39 is 24.0 Å². The smallest absolute Gasteiger partial charge is 0.353 e. The lowest BCUT2D eigenvalue weighted by Crippen LogP contribution is -2.71. The summed E-state index contributed by atoms with van der Waals surface area (Å²) in [7, 11) is 0. The average molecular weight is 405 g/mol. The number of carboxylic acids is 1. The molecule has 10 nitrogen and oxygen atoms in total. The van der Waals surface area contributed by atoms with Crippen molar-refractivity contribution in [3.05, 3.63) is 28.9 Å². The van der Waals surface area contributed by atoms with Crippen molar-refractivity contribution in [3.63, 3.8) is 0 Å². The molecule has 146 valence electrons. The van der Waals surface area contributed by atoms with Gasteiger partial charge in [0.15, 0.2) is 5.95 Å². The van der Waals surface area contributed by atoms with Gasteiger partial charge in [-0.2, -0.15) is 0 Å². The van der Waals surface area contributed by atoms with Gasteiger partial charge in [-0.3, -0.25) is 14.5 Å². The Balaban J connectivity index is 1.37. The number of carboxylic acid groups (broad SMARTS) is 1. The molecule has 11 heteroatoms. The number of nitrogens with two attached hydrogens (primary N) is 1. The molecule has 0 radical (unpaired) electrons. The van der Waals surface area contributed by atoms with Crippen LogP contribution in [0, 0.1) is 0 Å². The Hall–Kier alpha value is -3.27. The molecule has 28 heavy (non-hydrogen) atoms. The van der Waals surface area contributed by atoms with Crippen LogP contribution in [0.4, 0.5) is 11.6 Å². The third kappa shape index (κ3) is 3.01. The summed E-state index contributed by atoms with van der Waals surface area (Å²) in [5.41, 5.74) is 7.55. The zero-order valence-corrected chi connectivity index (χ0v) is 15.3. The maximum absolute atomic E-state index is 12.3. The molecule has 0 spiro atoms. The molecular weight excluding hydrogens is 388 g/mol. The van der Waals surface area contributed by atoms with Crippen molar-refractivity contribution in [2.75, 3.05) is 17.6 Å². The van der Waals surface area contributed by atoms with E-state index in [1.54, 1.807) is 18.2 Å². The number of aromatic nitrogens is 2. The summed E-state index contributed by atoms with van der Waals surface area (Å²) in [6.07, 6.45) is 0.854. The monoisotopic (exact) mass is 404 g/mol. The number of rotatable bonds is 5. The molecule has 0 bridgehead atoms. The number of fused-ring (bicyclic) bond motifs is 2. The van der Waals surface area contributed by atoms with Crippen LogP contribution in [0.1, 0.15) is 12.8 Å². The second-order valence-electron chi connectivity index (χ2n) is 6.63. The van der Waals surface area contributed by atoms with Crippen molar-refractivity contribution in [1.29, 1.82) is 0 Å². The number of imidazole rings is 1. The molecule has 2 aliphatic rings. The molecular formula is C17H17ClN6O4. The van der Waals surface area contributed by atoms with Gasteiger partial charge in [-0.15, -0.1) is 0 Å². The quantitative estimate of drug-likeness (QED) is 0.457. The van der Waals surface area contributed by atoms with Gasteiger partial charge in [0, 0.05) is 10.7 Å². The van der Waals surface area contributed by atoms with E-state index in [4.69, 9.17) is 17.3 Å². The fourth-order valence-corrected chi connectivity index (χ4v) is 3.84. The third-order valence-corrected chi connectivity index (χ3v) is 5.22. The van der Waals surface area contributed by atoms with Gasteiger partial charge in [0.25, 0.3) is 5.91 Å². The molecule has 1 aromatic carbocycles. The number of carbonyl (C=O) groups excluding carboxylic acids is 2. The molecule has 0 saturated carbocycles. The minimum atomic E-state index is -1.25. The molecule has 6 N–H and O–H groups in total. The number of hydrogen-bond acceptors (Lipinski definition) is 6. The molecule has 1 fully saturated rings. The van der Waals surface area contributed by atoms with E-state index in [2.05, 4.69) is 20.6 Å². The summed E-state index contributed by atoms with van der Waals surface area (Å²) in [5.74, 6) is -1.78. The van der Waals surface area contributed by atoms with E-state index in [9.17, 15) is 19.5 Å². The minimum absolute atomic E-state index is 0.0476. The van der Waals surface area contributed by atoms with E-state index in [-0.39, 0.29) is 23.2 Å². The van der Waals surface area contributed by atoms with Gasteiger partial charge in [-0.1, -0.05) is 11.6 Å². The Morgan fingerprint density at radius 1 is 1.43 bits per heavy atom. The first-order chi connectivity index (χ1) is 13.3. The molecule has 2 aliphatic heterocycles. The fraction of sp³-hybridized carbons (Fsp3) is 0.294. The van der Waals surface area contributed by atoms with E-state index in [0.29, 0.717) is 30.0 Å². The van der Waals surface area contributed by atoms with Gasteiger partial charge in [0.05, 0.1) is 23.6 Å². The molecule has 0 aliphatic carbocycles.